The number of ether oxygens (including phenoxy) is 1. The number of hydrogen-bond acceptors (Lipinski definition) is 6. The molecule has 0 aromatic heterocycles. The lowest BCUT2D eigenvalue weighted by Crippen LogP contribution is -2.43. The lowest BCUT2D eigenvalue weighted by Gasteiger charge is -2.22. The maximum Gasteiger partial charge on any atom is 0.325 e. The van der Waals surface area contributed by atoms with Gasteiger partial charge in [0.2, 0.25) is 5.91 Å². The lowest BCUT2D eigenvalue weighted by atomic mass is 10.2. The number of carboxylic acid groups (broad SMARTS) is 1. The smallest absolute Gasteiger partial charge is 0.325 e. The average Bonchev–Trinajstić information content (AvgIpc) is 2.33. The molecule has 8 heteroatoms. The van der Waals surface area contributed by atoms with Crippen LogP contribution in [0, 0.1) is 5.92 Å². The van der Waals surface area contributed by atoms with Crippen molar-refractivity contribution in [2.24, 2.45) is 5.92 Å². The molecule has 108 valence electrons. The number of nitrogens with zero attached hydrogens (tertiary/aromatic N) is 1. The van der Waals surface area contributed by atoms with Gasteiger partial charge in [0.1, 0.15) is 13.1 Å². The van der Waals surface area contributed by atoms with Gasteiger partial charge in [-0.25, -0.2) is 0 Å². The maximum atomic E-state index is 12.0. The Morgan fingerprint density at radius 1 is 1.26 bits per heavy atom. The number of methoxy groups -OCH3 is 1. The predicted molar refractivity (Wildman–Crippen MR) is 68.5 cm³/mol. The normalized spacial score (nSPS) is 11.5. The van der Waals surface area contributed by atoms with Crippen molar-refractivity contribution in [3.8, 4) is 0 Å². The van der Waals surface area contributed by atoms with E-state index in [1.807, 2.05) is 0 Å². The summed E-state index contributed by atoms with van der Waals surface area (Å²) in [5.74, 6) is -2.73. The second-order valence-corrected chi connectivity index (χ2v) is 5.06. The Morgan fingerprint density at radius 3 is 2.26 bits per heavy atom. The largest absolute Gasteiger partial charge is 0.480 e. The van der Waals surface area contributed by atoms with Crippen LogP contribution in [0.5, 0.6) is 0 Å². The van der Waals surface area contributed by atoms with Crippen molar-refractivity contribution < 1.29 is 29.0 Å². The standard InChI is InChI=1S/C11H17NO6S/c1-7(6-19-8(2)13)11(17)12(4-9(14)15)5-10(16)18-3/h7H,4-6H2,1-3H3,(H,14,15)/t7-/m1/s1. The van der Waals surface area contributed by atoms with Gasteiger partial charge in [-0.3, -0.25) is 19.2 Å². The summed E-state index contributed by atoms with van der Waals surface area (Å²) in [7, 11) is 1.15. The van der Waals surface area contributed by atoms with E-state index in [0.29, 0.717) is 0 Å². The number of hydrogen-bond donors (Lipinski definition) is 1. The van der Waals surface area contributed by atoms with Crippen molar-refractivity contribution in [1.82, 2.24) is 4.90 Å². The van der Waals surface area contributed by atoms with Gasteiger partial charge in [-0.2, -0.15) is 0 Å². The highest BCUT2D eigenvalue weighted by Gasteiger charge is 2.25. The van der Waals surface area contributed by atoms with Crippen LogP contribution in [0.1, 0.15) is 13.8 Å². The van der Waals surface area contributed by atoms with Gasteiger partial charge in [0.15, 0.2) is 5.12 Å². The first-order valence-corrected chi connectivity index (χ1v) is 6.47. The minimum absolute atomic E-state index is 0.127. The van der Waals surface area contributed by atoms with Gasteiger partial charge in [0.05, 0.1) is 7.11 Å². The Balaban J connectivity index is 4.64. The van der Waals surface area contributed by atoms with Gasteiger partial charge >= 0.3 is 11.9 Å². The van der Waals surface area contributed by atoms with Crippen molar-refractivity contribution in [3.05, 3.63) is 0 Å². The molecule has 7 nitrogen and oxygen atoms in total. The van der Waals surface area contributed by atoms with E-state index in [4.69, 9.17) is 5.11 Å². The van der Waals surface area contributed by atoms with Crippen molar-refractivity contribution in [1.29, 1.82) is 0 Å². The zero-order chi connectivity index (χ0) is 15.0. The van der Waals surface area contributed by atoms with E-state index in [2.05, 4.69) is 4.74 Å². The van der Waals surface area contributed by atoms with E-state index < -0.39 is 36.9 Å². The highest BCUT2D eigenvalue weighted by Crippen LogP contribution is 2.12. The van der Waals surface area contributed by atoms with Gasteiger partial charge in [-0.1, -0.05) is 18.7 Å². The molecule has 0 radical (unpaired) electrons. The molecule has 0 aliphatic heterocycles. The van der Waals surface area contributed by atoms with E-state index >= 15 is 0 Å². The fourth-order valence-electron chi connectivity index (χ4n) is 1.22. The highest BCUT2D eigenvalue weighted by atomic mass is 32.2. The van der Waals surface area contributed by atoms with Gasteiger partial charge in [0, 0.05) is 18.6 Å². The Bertz CT molecular complexity index is 370. The van der Waals surface area contributed by atoms with E-state index in [1.54, 1.807) is 6.92 Å². The lowest BCUT2D eigenvalue weighted by molar-refractivity contribution is -0.152. The van der Waals surface area contributed by atoms with E-state index in [1.165, 1.54) is 6.92 Å². The molecule has 0 unspecified atom stereocenters. The van der Waals surface area contributed by atoms with Crippen LogP contribution in [0.3, 0.4) is 0 Å². The van der Waals surface area contributed by atoms with Crippen molar-refractivity contribution in [2.75, 3.05) is 26.0 Å². The van der Waals surface area contributed by atoms with E-state index in [-0.39, 0.29) is 10.9 Å². The third-order valence-corrected chi connectivity index (χ3v) is 3.22. The molecule has 0 saturated carbocycles. The van der Waals surface area contributed by atoms with Crippen LogP contribution in [0.4, 0.5) is 0 Å². The highest BCUT2D eigenvalue weighted by molar-refractivity contribution is 8.13. The summed E-state index contributed by atoms with van der Waals surface area (Å²) in [6.45, 7) is 1.95. The summed E-state index contributed by atoms with van der Waals surface area (Å²) in [5.41, 5.74) is 0. The number of carboxylic acids is 1. The fraction of sp³-hybridized carbons (Fsp3) is 0.636. The summed E-state index contributed by atoms with van der Waals surface area (Å²) in [6, 6.07) is 0. The molecule has 0 fully saturated rings. The van der Waals surface area contributed by atoms with Crippen LogP contribution in [0.2, 0.25) is 0 Å². The number of rotatable bonds is 7. The Morgan fingerprint density at radius 2 is 1.84 bits per heavy atom. The van der Waals surface area contributed by atoms with E-state index in [9.17, 15) is 19.2 Å². The topological polar surface area (TPSA) is 101 Å². The molecule has 0 heterocycles. The third-order valence-electron chi connectivity index (χ3n) is 2.14. The average molecular weight is 291 g/mol. The van der Waals surface area contributed by atoms with Gasteiger partial charge in [0.25, 0.3) is 0 Å². The van der Waals surface area contributed by atoms with Crippen LogP contribution in [-0.2, 0) is 23.9 Å². The van der Waals surface area contributed by atoms with Crippen molar-refractivity contribution in [3.63, 3.8) is 0 Å². The molecule has 0 bridgehead atoms. The Labute approximate surface area is 115 Å². The van der Waals surface area contributed by atoms with E-state index in [0.717, 1.165) is 23.8 Å². The number of amides is 1. The number of thioether (sulfide) groups is 1. The Kier molecular flexibility index (Phi) is 7.81. The number of esters is 1. The summed E-state index contributed by atoms with van der Waals surface area (Å²) in [6.07, 6.45) is 0. The SMILES string of the molecule is COC(=O)CN(CC(=O)O)C(=O)[C@H](C)CSC(C)=O. The molecule has 1 atom stereocenters. The van der Waals surface area contributed by atoms with Crippen molar-refractivity contribution in [2.45, 2.75) is 13.8 Å². The third kappa shape index (κ3) is 7.45. The van der Waals surface area contributed by atoms with Crippen LogP contribution >= 0.6 is 11.8 Å². The molecule has 0 aromatic rings. The molecule has 0 aliphatic carbocycles. The molecule has 0 aromatic carbocycles. The zero-order valence-corrected chi connectivity index (χ0v) is 11.9. The molecular weight excluding hydrogens is 274 g/mol. The monoisotopic (exact) mass is 291 g/mol. The zero-order valence-electron chi connectivity index (χ0n) is 11.0. The van der Waals surface area contributed by atoms with Crippen LogP contribution in [-0.4, -0.2) is 58.9 Å². The molecule has 0 spiro atoms. The number of carbonyl (C=O) groups excluding carboxylic acids is 3. The first-order valence-electron chi connectivity index (χ1n) is 5.48. The summed E-state index contributed by atoms with van der Waals surface area (Å²) in [5, 5.41) is 8.59. The van der Waals surface area contributed by atoms with Crippen LogP contribution in [0.25, 0.3) is 0 Å². The quantitative estimate of drug-likeness (QED) is 0.658. The fourth-order valence-corrected chi connectivity index (χ4v) is 1.85. The molecule has 1 amide bonds. The summed E-state index contributed by atoms with van der Waals surface area (Å²) >= 11 is 0.979. The Hall–Kier alpha value is -1.57. The first-order chi connectivity index (χ1) is 8.77. The molecule has 0 aliphatic rings. The number of aliphatic carboxylic acids is 1. The van der Waals surface area contributed by atoms with Crippen molar-refractivity contribution >= 4 is 34.7 Å². The van der Waals surface area contributed by atoms with Crippen LogP contribution in [0.15, 0.2) is 0 Å². The van der Waals surface area contributed by atoms with Crippen LogP contribution < -0.4 is 0 Å². The van der Waals surface area contributed by atoms with Gasteiger partial charge < -0.3 is 14.7 Å². The summed E-state index contributed by atoms with van der Waals surface area (Å²) in [4.78, 5) is 45.5. The molecule has 0 rings (SSSR count). The minimum atomic E-state index is -1.22. The second-order valence-electron chi connectivity index (χ2n) is 3.87. The number of carbonyl (C=O) groups is 4. The molecule has 0 saturated heterocycles. The molecular formula is C11H17NO6S. The molecule has 1 N–H and O–H groups in total. The maximum absolute atomic E-state index is 12.0. The van der Waals surface area contributed by atoms with Gasteiger partial charge in [-0.05, 0) is 0 Å². The van der Waals surface area contributed by atoms with Gasteiger partial charge in [-0.15, -0.1) is 0 Å². The minimum Gasteiger partial charge on any atom is -0.480 e. The first kappa shape index (κ1) is 17.4. The predicted octanol–water partition coefficient (Wildman–Crippen LogP) is -0.0116. The second kappa shape index (κ2) is 8.52. The molecule has 19 heavy (non-hydrogen) atoms. The summed E-state index contributed by atoms with van der Waals surface area (Å²) < 4.78 is 4.41.